The lowest BCUT2D eigenvalue weighted by molar-refractivity contribution is -0.137. The first-order valence-electron chi connectivity index (χ1n) is 6.68. The van der Waals surface area contributed by atoms with E-state index in [1.807, 2.05) is 20.8 Å². The van der Waals surface area contributed by atoms with E-state index in [9.17, 15) is 9.59 Å². The number of urea groups is 1. The van der Waals surface area contributed by atoms with Crippen molar-refractivity contribution in [1.82, 2.24) is 10.2 Å². The van der Waals surface area contributed by atoms with Gasteiger partial charge in [-0.1, -0.05) is 6.92 Å². The third-order valence-corrected chi connectivity index (χ3v) is 3.34. The van der Waals surface area contributed by atoms with Crippen LogP contribution in [0.4, 0.5) is 4.79 Å². The molecule has 0 saturated carbocycles. The molecule has 0 aromatic carbocycles. The number of rotatable bonds is 5. The Morgan fingerprint density at radius 1 is 1.47 bits per heavy atom. The predicted octanol–water partition coefficient (Wildman–Crippen LogP) is 1.31. The van der Waals surface area contributed by atoms with E-state index in [4.69, 9.17) is 9.84 Å². The summed E-state index contributed by atoms with van der Waals surface area (Å²) in [4.78, 5) is 24.3. The van der Waals surface area contributed by atoms with Crippen LogP contribution >= 0.6 is 0 Å². The molecule has 1 unspecified atom stereocenters. The molecule has 0 spiro atoms. The Labute approximate surface area is 114 Å². The lowest BCUT2D eigenvalue weighted by Crippen LogP contribution is -2.58. The molecule has 110 valence electrons. The van der Waals surface area contributed by atoms with Crippen LogP contribution in [0.5, 0.6) is 0 Å². The number of hydrogen-bond donors (Lipinski definition) is 2. The average Bonchev–Trinajstić information content (AvgIpc) is 2.32. The number of ether oxygens (including phenoxy) is 1. The number of amides is 2. The molecule has 0 radical (unpaired) electrons. The normalized spacial score (nSPS) is 19.8. The number of hydrogen-bond acceptors (Lipinski definition) is 3. The number of aliphatic carboxylic acids is 1. The first-order chi connectivity index (χ1) is 8.83. The maximum absolute atomic E-state index is 12.1. The van der Waals surface area contributed by atoms with Crippen molar-refractivity contribution in [3.05, 3.63) is 0 Å². The van der Waals surface area contributed by atoms with Gasteiger partial charge in [0.05, 0.1) is 18.8 Å². The second-order valence-electron chi connectivity index (χ2n) is 5.74. The molecule has 6 heteroatoms. The van der Waals surface area contributed by atoms with E-state index in [0.29, 0.717) is 32.7 Å². The second kappa shape index (κ2) is 6.75. The summed E-state index contributed by atoms with van der Waals surface area (Å²) in [5.74, 6) is -0.642. The standard InChI is InChI=1S/C13H24N2O4/c1-10(4-5-11(16)17)8-14-12(18)15-6-7-19-9-13(15,2)3/h10H,4-9H2,1-3H3,(H,14,18)(H,16,17). The number of carbonyl (C=O) groups excluding carboxylic acids is 1. The molecule has 1 fully saturated rings. The molecule has 6 nitrogen and oxygen atoms in total. The first kappa shape index (κ1) is 15.8. The Morgan fingerprint density at radius 3 is 2.74 bits per heavy atom. The smallest absolute Gasteiger partial charge is 0.318 e. The number of nitrogens with one attached hydrogen (secondary N) is 1. The molecule has 1 saturated heterocycles. The lowest BCUT2D eigenvalue weighted by atomic mass is 10.0. The van der Waals surface area contributed by atoms with E-state index >= 15 is 0 Å². The zero-order valence-corrected chi connectivity index (χ0v) is 11.9. The maximum Gasteiger partial charge on any atom is 0.318 e. The molecule has 0 aliphatic carbocycles. The highest BCUT2D eigenvalue weighted by atomic mass is 16.5. The molecule has 1 rings (SSSR count). The van der Waals surface area contributed by atoms with Gasteiger partial charge >= 0.3 is 12.0 Å². The molecule has 19 heavy (non-hydrogen) atoms. The summed E-state index contributed by atoms with van der Waals surface area (Å²) >= 11 is 0. The van der Waals surface area contributed by atoms with Crippen molar-refractivity contribution < 1.29 is 19.4 Å². The molecular formula is C13H24N2O4. The largest absolute Gasteiger partial charge is 0.481 e. The van der Waals surface area contributed by atoms with Crippen LogP contribution in [-0.4, -0.2) is 53.8 Å². The van der Waals surface area contributed by atoms with Crippen molar-refractivity contribution in [2.75, 3.05) is 26.3 Å². The van der Waals surface area contributed by atoms with Gasteiger partial charge in [0.1, 0.15) is 0 Å². The SMILES string of the molecule is CC(CCC(=O)O)CNC(=O)N1CCOCC1(C)C. The summed E-state index contributed by atoms with van der Waals surface area (Å²) in [6.45, 7) is 8.06. The maximum atomic E-state index is 12.1. The highest BCUT2D eigenvalue weighted by molar-refractivity contribution is 5.75. The minimum Gasteiger partial charge on any atom is -0.481 e. The summed E-state index contributed by atoms with van der Waals surface area (Å²) in [7, 11) is 0. The minimum absolute atomic E-state index is 0.101. The molecule has 0 aromatic rings. The van der Waals surface area contributed by atoms with Crippen LogP contribution < -0.4 is 5.32 Å². The van der Waals surface area contributed by atoms with E-state index in [-0.39, 0.29) is 23.9 Å². The topological polar surface area (TPSA) is 78.9 Å². The molecule has 1 atom stereocenters. The van der Waals surface area contributed by atoms with Crippen LogP contribution in [0, 0.1) is 5.92 Å². The fraction of sp³-hybridized carbons (Fsp3) is 0.846. The Morgan fingerprint density at radius 2 is 2.16 bits per heavy atom. The highest BCUT2D eigenvalue weighted by Crippen LogP contribution is 2.18. The van der Waals surface area contributed by atoms with Gasteiger partial charge in [0.25, 0.3) is 0 Å². The summed E-state index contributed by atoms with van der Waals surface area (Å²) in [5.41, 5.74) is -0.299. The van der Waals surface area contributed by atoms with Crippen molar-refractivity contribution in [1.29, 1.82) is 0 Å². The van der Waals surface area contributed by atoms with Gasteiger partial charge < -0.3 is 20.1 Å². The third kappa shape index (κ3) is 5.06. The summed E-state index contributed by atoms with van der Waals surface area (Å²) in [6, 6.07) is -0.101. The minimum atomic E-state index is -0.799. The van der Waals surface area contributed by atoms with E-state index < -0.39 is 5.97 Å². The first-order valence-corrected chi connectivity index (χ1v) is 6.68. The van der Waals surface area contributed by atoms with Gasteiger partial charge in [-0.25, -0.2) is 4.79 Å². The average molecular weight is 272 g/mol. The number of morpholine rings is 1. The van der Waals surface area contributed by atoms with E-state index in [0.717, 1.165) is 0 Å². The fourth-order valence-corrected chi connectivity index (χ4v) is 2.06. The van der Waals surface area contributed by atoms with Crippen LogP contribution in [-0.2, 0) is 9.53 Å². The van der Waals surface area contributed by atoms with Gasteiger partial charge in [0.15, 0.2) is 0 Å². The van der Waals surface area contributed by atoms with Gasteiger partial charge in [-0.15, -0.1) is 0 Å². The summed E-state index contributed by atoms with van der Waals surface area (Å²) in [5, 5.41) is 11.5. The summed E-state index contributed by atoms with van der Waals surface area (Å²) in [6.07, 6.45) is 0.711. The third-order valence-electron chi connectivity index (χ3n) is 3.34. The van der Waals surface area contributed by atoms with E-state index in [1.54, 1.807) is 4.90 Å². The number of carboxylic acids is 1. The quantitative estimate of drug-likeness (QED) is 0.791. The van der Waals surface area contributed by atoms with Crippen LogP contribution in [0.25, 0.3) is 0 Å². The Hall–Kier alpha value is -1.30. The Bertz CT molecular complexity index is 331. The van der Waals surface area contributed by atoms with Gasteiger partial charge in [0.2, 0.25) is 0 Å². The molecule has 2 N–H and O–H groups in total. The van der Waals surface area contributed by atoms with Gasteiger partial charge in [0, 0.05) is 19.5 Å². The monoisotopic (exact) mass is 272 g/mol. The van der Waals surface area contributed by atoms with Crippen molar-refractivity contribution in [2.24, 2.45) is 5.92 Å². The number of nitrogens with zero attached hydrogens (tertiary/aromatic N) is 1. The fourth-order valence-electron chi connectivity index (χ4n) is 2.06. The van der Waals surface area contributed by atoms with Crippen molar-refractivity contribution in [2.45, 2.75) is 39.2 Å². The molecule has 1 aliphatic rings. The van der Waals surface area contributed by atoms with Crippen molar-refractivity contribution in [3.8, 4) is 0 Å². The molecular weight excluding hydrogens is 248 g/mol. The molecule has 1 heterocycles. The van der Waals surface area contributed by atoms with Crippen LogP contribution in [0.2, 0.25) is 0 Å². The predicted molar refractivity (Wildman–Crippen MR) is 71.0 cm³/mol. The zero-order valence-electron chi connectivity index (χ0n) is 11.9. The van der Waals surface area contributed by atoms with Gasteiger partial charge in [-0.05, 0) is 26.2 Å². The lowest BCUT2D eigenvalue weighted by Gasteiger charge is -2.42. The highest BCUT2D eigenvalue weighted by Gasteiger charge is 2.33. The van der Waals surface area contributed by atoms with Crippen LogP contribution in [0.3, 0.4) is 0 Å². The molecule has 1 aliphatic heterocycles. The van der Waals surface area contributed by atoms with Crippen molar-refractivity contribution >= 4 is 12.0 Å². The van der Waals surface area contributed by atoms with E-state index in [2.05, 4.69) is 5.32 Å². The zero-order chi connectivity index (χ0) is 14.5. The van der Waals surface area contributed by atoms with E-state index in [1.165, 1.54) is 0 Å². The number of carboxylic acid groups (broad SMARTS) is 1. The molecule has 2 amide bonds. The van der Waals surface area contributed by atoms with Crippen LogP contribution in [0.1, 0.15) is 33.6 Å². The Balaban J connectivity index is 2.36. The van der Waals surface area contributed by atoms with Gasteiger partial charge in [-0.2, -0.15) is 0 Å². The second-order valence-corrected chi connectivity index (χ2v) is 5.74. The Kier molecular flexibility index (Phi) is 5.60. The molecule has 0 aromatic heterocycles. The van der Waals surface area contributed by atoms with Crippen LogP contribution in [0.15, 0.2) is 0 Å². The number of carbonyl (C=O) groups is 2. The molecule has 0 bridgehead atoms. The summed E-state index contributed by atoms with van der Waals surface area (Å²) < 4.78 is 5.37. The van der Waals surface area contributed by atoms with Gasteiger partial charge in [-0.3, -0.25) is 4.79 Å². The van der Waals surface area contributed by atoms with Crippen molar-refractivity contribution in [3.63, 3.8) is 0 Å².